The molecule has 4 heteroatoms. The molecule has 0 amide bonds. The first-order valence-electron chi connectivity index (χ1n) is 13.7. The number of hydrogen-bond donors (Lipinski definition) is 2. The maximum absolute atomic E-state index is 13.0. The van der Waals surface area contributed by atoms with E-state index in [1.807, 2.05) is 0 Å². The van der Waals surface area contributed by atoms with Crippen molar-refractivity contribution >= 4 is 5.97 Å². The fourth-order valence-corrected chi connectivity index (χ4v) is 10.0. The van der Waals surface area contributed by atoms with Crippen LogP contribution < -0.4 is 0 Å². The second kappa shape index (κ2) is 7.68. The van der Waals surface area contributed by atoms with E-state index in [9.17, 15) is 15.0 Å². The van der Waals surface area contributed by atoms with Crippen LogP contribution in [0, 0.1) is 45.3 Å². The molecule has 4 fully saturated rings. The highest BCUT2D eigenvalue weighted by Crippen LogP contribution is 2.73. The molecule has 4 nitrogen and oxygen atoms in total. The summed E-state index contributed by atoms with van der Waals surface area (Å²) in [5.41, 5.74) is 2.19. The van der Waals surface area contributed by atoms with Crippen molar-refractivity contribution in [2.24, 2.45) is 45.3 Å². The van der Waals surface area contributed by atoms with E-state index >= 15 is 0 Å². The van der Waals surface area contributed by atoms with E-state index in [0.717, 1.165) is 44.9 Å². The average Bonchev–Trinajstić information content (AvgIpc) is 3.26. The lowest BCUT2D eigenvalue weighted by molar-refractivity contribution is -0.212. The van der Waals surface area contributed by atoms with Gasteiger partial charge in [0.15, 0.2) is 0 Å². The van der Waals surface area contributed by atoms with Crippen molar-refractivity contribution in [3.8, 4) is 0 Å². The van der Waals surface area contributed by atoms with Gasteiger partial charge in [-0.1, -0.05) is 51.8 Å². The van der Waals surface area contributed by atoms with Gasteiger partial charge in [0.2, 0.25) is 0 Å². The summed E-state index contributed by atoms with van der Waals surface area (Å²) in [5, 5.41) is 22.7. The first kappa shape index (κ1) is 24.6. The van der Waals surface area contributed by atoms with Crippen LogP contribution in [0.5, 0.6) is 0 Å². The van der Waals surface area contributed by atoms with E-state index in [0.29, 0.717) is 11.8 Å². The number of hydrogen-bond acceptors (Lipinski definition) is 4. The number of esters is 1. The Balaban J connectivity index is 1.47. The maximum Gasteiger partial charge on any atom is 0.310 e. The smallest absolute Gasteiger partial charge is 0.310 e. The zero-order valence-electron chi connectivity index (χ0n) is 22.4. The molecule has 1 aliphatic heterocycles. The summed E-state index contributed by atoms with van der Waals surface area (Å²) in [5.74, 6) is 0.870. The van der Waals surface area contributed by atoms with E-state index in [-0.39, 0.29) is 51.7 Å². The molecule has 5 aliphatic rings. The minimum absolute atomic E-state index is 0.0325. The van der Waals surface area contributed by atoms with Crippen molar-refractivity contribution in [3.63, 3.8) is 0 Å². The van der Waals surface area contributed by atoms with Gasteiger partial charge in [-0.05, 0) is 92.4 Å². The molecular weight excluding hydrogens is 424 g/mol. The van der Waals surface area contributed by atoms with Gasteiger partial charge in [0.05, 0.1) is 18.1 Å². The molecule has 0 radical (unpaired) electrons. The predicted octanol–water partition coefficient (Wildman–Crippen LogP) is 5.82. The summed E-state index contributed by atoms with van der Waals surface area (Å²) in [7, 11) is 0. The summed E-state index contributed by atoms with van der Waals surface area (Å²) in [6.45, 7) is 15.7. The maximum atomic E-state index is 13.0. The van der Waals surface area contributed by atoms with Crippen molar-refractivity contribution in [1.29, 1.82) is 0 Å². The number of fused-ring (bicyclic) bond motifs is 5. The number of aliphatic hydroxyl groups is 2. The lowest BCUT2D eigenvalue weighted by atomic mass is 9.37. The molecule has 2 N–H and O–H groups in total. The largest absolute Gasteiger partial charge is 0.458 e. The lowest BCUT2D eigenvalue weighted by Gasteiger charge is -2.68. The number of carbonyl (C=O) groups excluding carboxylic acids is 1. The molecule has 0 aromatic rings. The van der Waals surface area contributed by atoms with Crippen LogP contribution in [0.4, 0.5) is 0 Å². The molecule has 0 spiro atoms. The monoisotopic (exact) mass is 470 g/mol. The van der Waals surface area contributed by atoms with Crippen LogP contribution in [0.1, 0.15) is 93.4 Å². The highest BCUT2D eigenvalue weighted by atomic mass is 16.5. The predicted molar refractivity (Wildman–Crippen MR) is 134 cm³/mol. The summed E-state index contributed by atoms with van der Waals surface area (Å²) in [6, 6.07) is 0. The molecule has 0 unspecified atom stereocenters. The fourth-order valence-electron chi connectivity index (χ4n) is 10.0. The number of carbonyl (C=O) groups is 1. The van der Waals surface area contributed by atoms with Crippen LogP contribution in [0.2, 0.25) is 0 Å². The molecule has 4 aliphatic carbocycles. The summed E-state index contributed by atoms with van der Waals surface area (Å²) in [4.78, 5) is 13.0. The third-order valence-electron chi connectivity index (χ3n) is 11.8. The summed E-state index contributed by atoms with van der Waals surface area (Å²) >= 11 is 0. The molecular formula is C30H46O4. The third-order valence-corrected chi connectivity index (χ3v) is 11.8. The van der Waals surface area contributed by atoms with E-state index in [4.69, 9.17) is 4.74 Å². The van der Waals surface area contributed by atoms with Crippen LogP contribution in [-0.2, 0) is 9.53 Å². The van der Waals surface area contributed by atoms with Crippen molar-refractivity contribution in [2.75, 3.05) is 0 Å². The average molecular weight is 471 g/mol. The van der Waals surface area contributed by atoms with E-state index in [1.165, 1.54) is 11.1 Å². The van der Waals surface area contributed by atoms with Gasteiger partial charge in [0, 0.05) is 11.8 Å². The summed E-state index contributed by atoms with van der Waals surface area (Å²) in [6.07, 6.45) is 10.1. The number of cyclic esters (lactones) is 1. The van der Waals surface area contributed by atoms with Gasteiger partial charge in [-0.15, -0.1) is 0 Å². The van der Waals surface area contributed by atoms with E-state index in [1.54, 1.807) is 0 Å². The molecule has 0 aromatic carbocycles. The quantitative estimate of drug-likeness (QED) is 0.394. The number of allylic oxidation sites excluding steroid dienone is 2. The van der Waals surface area contributed by atoms with Gasteiger partial charge in [-0.2, -0.15) is 0 Å². The normalized spacial score (nSPS) is 51.6. The van der Waals surface area contributed by atoms with E-state index < -0.39 is 6.10 Å². The molecule has 0 bridgehead atoms. The first-order valence-corrected chi connectivity index (χ1v) is 13.7. The Kier molecular flexibility index (Phi) is 5.55. The highest BCUT2D eigenvalue weighted by Gasteiger charge is 2.68. The Labute approximate surface area is 206 Å². The highest BCUT2D eigenvalue weighted by molar-refractivity contribution is 5.76. The van der Waals surface area contributed by atoms with Crippen molar-refractivity contribution in [3.05, 3.63) is 23.3 Å². The van der Waals surface area contributed by atoms with Crippen molar-refractivity contribution in [1.82, 2.24) is 0 Å². The lowest BCUT2D eigenvalue weighted by Crippen LogP contribution is -2.65. The number of aliphatic hydroxyl groups excluding tert-OH is 2. The Morgan fingerprint density at radius 3 is 2.38 bits per heavy atom. The van der Waals surface area contributed by atoms with Crippen LogP contribution in [0.3, 0.4) is 0 Å². The van der Waals surface area contributed by atoms with Gasteiger partial charge in [-0.3, -0.25) is 4.79 Å². The van der Waals surface area contributed by atoms with Crippen LogP contribution in [0.15, 0.2) is 23.3 Å². The van der Waals surface area contributed by atoms with Gasteiger partial charge < -0.3 is 14.9 Å². The number of rotatable bonds is 2. The topological polar surface area (TPSA) is 66.8 Å². The molecule has 34 heavy (non-hydrogen) atoms. The van der Waals surface area contributed by atoms with Gasteiger partial charge in [0.1, 0.15) is 6.10 Å². The molecule has 190 valence electrons. The third kappa shape index (κ3) is 3.13. The molecule has 1 heterocycles. The molecule has 1 saturated heterocycles. The van der Waals surface area contributed by atoms with Crippen LogP contribution in [-0.4, -0.2) is 34.5 Å². The van der Waals surface area contributed by atoms with Crippen molar-refractivity contribution < 1.29 is 19.7 Å². The molecule has 0 aromatic heterocycles. The minimum atomic E-state index is -0.418. The molecule has 10 atom stereocenters. The molecule has 5 rings (SSSR count). The second-order valence-corrected chi connectivity index (χ2v) is 14.0. The zero-order valence-corrected chi connectivity index (χ0v) is 22.4. The molecule has 3 saturated carbocycles. The second-order valence-electron chi connectivity index (χ2n) is 14.0. The van der Waals surface area contributed by atoms with E-state index in [2.05, 4.69) is 60.6 Å². The van der Waals surface area contributed by atoms with Crippen molar-refractivity contribution in [2.45, 2.75) is 112 Å². The zero-order chi connectivity index (χ0) is 24.8. The van der Waals surface area contributed by atoms with Crippen LogP contribution in [0.25, 0.3) is 0 Å². The SMILES string of the molecule is CC(C)=C[C@H]1C[C@@H]([C@@H]2CC=C3[C@]4(C)[C@H](O)C[C@@H]5C(C)(C)[C@@H](O)CC[C@@]5(C)[C@H]4CC[C@]32C)C(=O)O1. The Morgan fingerprint density at radius 2 is 1.71 bits per heavy atom. The van der Waals surface area contributed by atoms with Crippen LogP contribution >= 0.6 is 0 Å². The summed E-state index contributed by atoms with van der Waals surface area (Å²) < 4.78 is 5.78. The standard InChI is InChI=1S/C30H46O4/c1-17(2)14-18-15-19(26(33)34-18)20-8-9-21-28(20,5)12-10-22-29(6)13-11-24(31)27(3,4)23(29)16-25(32)30(21,22)7/h9,14,18-20,22-25,31-32H,8,10-13,15-16H2,1-7H3/t18-,19-,20-,22+,23+,24-,25+,28-,29-,30-/m0/s1. The Hall–Kier alpha value is -1.13. The number of ether oxygens (including phenoxy) is 1. The first-order chi connectivity index (χ1) is 15.8. The fraction of sp³-hybridized carbons (Fsp3) is 0.833. The van der Waals surface area contributed by atoms with Gasteiger partial charge >= 0.3 is 5.97 Å². The Bertz CT molecular complexity index is 928. The van der Waals surface area contributed by atoms with Gasteiger partial charge in [0.25, 0.3) is 0 Å². The minimum Gasteiger partial charge on any atom is -0.458 e. The Morgan fingerprint density at radius 1 is 1.00 bits per heavy atom. The van der Waals surface area contributed by atoms with Gasteiger partial charge in [-0.25, -0.2) is 0 Å².